The molecule has 0 saturated carbocycles. The van der Waals surface area contributed by atoms with Crippen molar-refractivity contribution < 1.29 is 8.42 Å². The molecule has 0 fully saturated rings. The van der Waals surface area contributed by atoms with Crippen LogP contribution in [-0.2, 0) is 16.3 Å². The summed E-state index contributed by atoms with van der Waals surface area (Å²) in [5.74, 6) is 2.15. The highest BCUT2D eigenvalue weighted by Crippen LogP contribution is 2.33. The number of nitrogens with zero attached hydrogens (tertiary/aromatic N) is 2. The fourth-order valence-corrected chi connectivity index (χ4v) is 3.57. The van der Waals surface area contributed by atoms with Crippen LogP contribution in [0.1, 0.15) is 18.5 Å². The molecule has 1 aliphatic heterocycles. The number of sulfone groups is 1. The summed E-state index contributed by atoms with van der Waals surface area (Å²) in [6.07, 6.45) is 5.59. The Hall–Kier alpha value is -0.820. The lowest BCUT2D eigenvalue weighted by Gasteiger charge is -2.17. The summed E-state index contributed by atoms with van der Waals surface area (Å²) < 4.78 is 22.0. The quantitative estimate of drug-likeness (QED) is 0.825. The van der Waals surface area contributed by atoms with Gasteiger partial charge in [0.1, 0.15) is 22.0 Å². The number of aromatic nitrogens is 2. The molecule has 0 spiro atoms. The van der Waals surface area contributed by atoms with Crippen LogP contribution in [-0.4, -0.2) is 42.7 Å². The van der Waals surface area contributed by atoms with E-state index in [2.05, 4.69) is 15.3 Å². The molecule has 1 aromatic rings. The Balaban J connectivity index is 1.93. The number of fused-ring (bicyclic) bond motifs is 1. The molecule has 0 saturated heterocycles. The third kappa shape index (κ3) is 3.84. The highest BCUT2D eigenvalue weighted by atomic mass is 32.2. The number of hydrogen-bond acceptors (Lipinski definition) is 6. The molecule has 0 atom stereocenters. The highest BCUT2D eigenvalue weighted by Gasteiger charge is 2.15. The van der Waals surface area contributed by atoms with Gasteiger partial charge >= 0.3 is 0 Å². The lowest BCUT2D eigenvalue weighted by atomic mass is 10.2. The number of nitrogens with one attached hydrogen (secondary N) is 1. The molecule has 7 heteroatoms. The van der Waals surface area contributed by atoms with Gasteiger partial charge in [0.2, 0.25) is 0 Å². The van der Waals surface area contributed by atoms with E-state index in [0.29, 0.717) is 13.0 Å². The van der Waals surface area contributed by atoms with Crippen LogP contribution >= 0.6 is 11.8 Å². The minimum Gasteiger partial charge on any atom is -0.369 e. The second-order valence-electron chi connectivity index (χ2n) is 4.36. The monoisotopic (exact) mass is 287 g/mol. The summed E-state index contributed by atoms with van der Waals surface area (Å²) in [6, 6.07) is 0. The predicted octanol–water partition coefficient (Wildman–Crippen LogP) is 1.36. The third-order valence-electron chi connectivity index (χ3n) is 2.67. The van der Waals surface area contributed by atoms with Crippen molar-refractivity contribution in [2.45, 2.75) is 24.2 Å². The van der Waals surface area contributed by atoms with Gasteiger partial charge in [-0.1, -0.05) is 0 Å². The molecule has 1 aliphatic rings. The Kier molecular flexibility index (Phi) is 4.45. The molecule has 100 valence electrons. The molecule has 0 radical (unpaired) electrons. The summed E-state index contributed by atoms with van der Waals surface area (Å²) in [7, 11) is -2.87. The largest absolute Gasteiger partial charge is 0.369 e. The average Bonchev–Trinajstić information content (AvgIpc) is 2.33. The van der Waals surface area contributed by atoms with Gasteiger partial charge in [-0.3, -0.25) is 0 Å². The number of thioether (sulfide) groups is 1. The van der Waals surface area contributed by atoms with E-state index in [1.54, 1.807) is 18.1 Å². The first kappa shape index (κ1) is 13.6. The minimum absolute atomic E-state index is 0.209. The standard InChI is InChI=1S/C11H17N3O2S2/c1-18(15,16)7-3-5-12-11-10-9(13-8-14-11)4-2-6-17-10/h8H,2-7H2,1H3,(H,12,13,14). The van der Waals surface area contributed by atoms with Crippen molar-refractivity contribution in [2.75, 3.05) is 29.6 Å². The Labute approximate surface area is 112 Å². The van der Waals surface area contributed by atoms with Crippen LogP contribution in [0.3, 0.4) is 0 Å². The van der Waals surface area contributed by atoms with Gasteiger partial charge in [-0.25, -0.2) is 18.4 Å². The van der Waals surface area contributed by atoms with Crippen LogP contribution in [0.4, 0.5) is 5.82 Å². The van der Waals surface area contributed by atoms with Crippen molar-refractivity contribution in [2.24, 2.45) is 0 Å². The maximum atomic E-state index is 11.0. The van der Waals surface area contributed by atoms with Crippen molar-refractivity contribution in [1.82, 2.24) is 9.97 Å². The van der Waals surface area contributed by atoms with Crippen LogP contribution in [0.5, 0.6) is 0 Å². The van der Waals surface area contributed by atoms with E-state index in [4.69, 9.17) is 0 Å². The van der Waals surface area contributed by atoms with E-state index < -0.39 is 9.84 Å². The van der Waals surface area contributed by atoms with Crippen molar-refractivity contribution in [3.05, 3.63) is 12.0 Å². The molecule has 18 heavy (non-hydrogen) atoms. The maximum Gasteiger partial charge on any atom is 0.147 e. The summed E-state index contributed by atoms with van der Waals surface area (Å²) in [4.78, 5) is 9.64. The topological polar surface area (TPSA) is 72.0 Å². The van der Waals surface area contributed by atoms with Crippen LogP contribution in [0.15, 0.2) is 11.2 Å². The first-order valence-electron chi connectivity index (χ1n) is 5.94. The SMILES string of the molecule is CS(=O)(=O)CCCNc1ncnc2c1SCCC2. The van der Waals surface area contributed by atoms with E-state index in [9.17, 15) is 8.42 Å². The lowest BCUT2D eigenvalue weighted by molar-refractivity contribution is 0.600. The molecule has 1 N–H and O–H groups in total. The van der Waals surface area contributed by atoms with Gasteiger partial charge in [-0.05, 0) is 25.0 Å². The number of aryl methyl sites for hydroxylation is 1. The van der Waals surface area contributed by atoms with Crippen molar-refractivity contribution in [3.8, 4) is 0 Å². The summed E-state index contributed by atoms with van der Waals surface area (Å²) in [5.41, 5.74) is 1.10. The maximum absolute atomic E-state index is 11.0. The smallest absolute Gasteiger partial charge is 0.147 e. The van der Waals surface area contributed by atoms with Crippen LogP contribution < -0.4 is 5.32 Å². The van der Waals surface area contributed by atoms with Crippen molar-refractivity contribution in [3.63, 3.8) is 0 Å². The fraction of sp³-hybridized carbons (Fsp3) is 0.636. The molecule has 2 heterocycles. The van der Waals surface area contributed by atoms with E-state index in [1.165, 1.54) is 6.26 Å². The van der Waals surface area contributed by atoms with E-state index in [0.717, 1.165) is 35.0 Å². The minimum atomic E-state index is -2.87. The summed E-state index contributed by atoms with van der Waals surface area (Å²) >= 11 is 1.77. The molecule has 2 rings (SSSR count). The van der Waals surface area contributed by atoms with Gasteiger partial charge in [-0.2, -0.15) is 0 Å². The molecule has 0 aliphatic carbocycles. The van der Waals surface area contributed by atoms with Crippen LogP contribution in [0.2, 0.25) is 0 Å². The zero-order valence-corrected chi connectivity index (χ0v) is 12.0. The van der Waals surface area contributed by atoms with Gasteiger partial charge in [0.25, 0.3) is 0 Å². The van der Waals surface area contributed by atoms with E-state index in [1.807, 2.05) is 0 Å². The molecule has 1 aromatic heterocycles. The molecule has 0 unspecified atom stereocenters. The number of hydrogen-bond donors (Lipinski definition) is 1. The first-order chi connectivity index (χ1) is 8.56. The van der Waals surface area contributed by atoms with E-state index in [-0.39, 0.29) is 5.75 Å². The Bertz CT molecular complexity index is 517. The predicted molar refractivity (Wildman–Crippen MR) is 73.9 cm³/mol. The van der Waals surface area contributed by atoms with Gasteiger partial charge in [0.15, 0.2) is 0 Å². The molecule has 0 amide bonds. The number of anilines is 1. The molecule has 5 nitrogen and oxygen atoms in total. The van der Waals surface area contributed by atoms with Crippen molar-refractivity contribution >= 4 is 27.4 Å². The van der Waals surface area contributed by atoms with Gasteiger partial charge in [0, 0.05) is 12.8 Å². The molecular weight excluding hydrogens is 270 g/mol. The van der Waals surface area contributed by atoms with E-state index >= 15 is 0 Å². The second kappa shape index (κ2) is 5.88. The van der Waals surface area contributed by atoms with Crippen LogP contribution in [0, 0.1) is 0 Å². The number of rotatable bonds is 5. The Morgan fingerprint density at radius 2 is 2.28 bits per heavy atom. The third-order valence-corrected chi connectivity index (χ3v) is 4.91. The molecular formula is C11H17N3O2S2. The zero-order chi connectivity index (χ0) is 13.0. The second-order valence-corrected chi connectivity index (χ2v) is 7.73. The van der Waals surface area contributed by atoms with Gasteiger partial charge < -0.3 is 5.32 Å². The zero-order valence-electron chi connectivity index (χ0n) is 10.3. The van der Waals surface area contributed by atoms with Gasteiger partial charge in [0.05, 0.1) is 16.3 Å². The highest BCUT2D eigenvalue weighted by molar-refractivity contribution is 7.99. The molecule has 0 bridgehead atoms. The fourth-order valence-electron chi connectivity index (χ4n) is 1.82. The first-order valence-corrected chi connectivity index (χ1v) is 8.99. The lowest BCUT2D eigenvalue weighted by Crippen LogP contribution is -2.13. The van der Waals surface area contributed by atoms with Gasteiger partial charge in [-0.15, -0.1) is 11.8 Å². The summed E-state index contributed by atoms with van der Waals surface area (Å²) in [6.45, 7) is 0.622. The average molecular weight is 287 g/mol. The van der Waals surface area contributed by atoms with Crippen molar-refractivity contribution in [1.29, 1.82) is 0 Å². The Morgan fingerprint density at radius 3 is 3.06 bits per heavy atom. The summed E-state index contributed by atoms with van der Waals surface area (Å²) in [5, 5.41) is 3.21. The van der Waals surface area contributed by atoms with Crippen LogP contribution in [0.25, 0.3) is 0 Å². The molecule has 0 aromatic carbocycles. The Morgan fingerprint density at radius 1 is 1.44 bits per heavy atom. The normalized spacial score (nSPS) is 15.2.